The third-order valence-corrected chi connectivity index (χ3v) is 3.61. The van der Waals surface area contributed by atoms with Crippen LogP contribution in [0.25, 0.3) is 10.9 Å². The molecule has 0 fully saturated rings. The van der Waals surface area contributed by atoms with E-state index in [2.05, 4.69) is 20.3 Å². The molecule has 0 radical (unpaired) electrons. The van der Waals surface area contributed by atoms with Crippen molar-refractivity contribution in [3.05, 3.63) is 40.3 Å². The molecule has 0 saturated heterocycles. The minimum Gasteiger partial charge on any atom is -0.368 e. The van der Waals surface area contributed by atoms with Crippen molar-refractivity contribution in [1.82, 2.24) is 15.0 Å². The van der Waals surface area contributed by atoms with Gasteiger partial charge in [0.05, 0.1) is 12.1 Å². The molecular formula is C13H13N5S. The Kier molecular flexibility index (Phi) is 3.00. The Bertz CT molecular complexity index is 722. The molecule has 0 saturated carbocycles. The maximum Gasteiger partial charge on any atom is 0.222 e. The van der Waals surface area contributed by atoms with E-state index < -0.39 is 0 Å². The van der Waals surface area contributed by atoms with Crippen LogP contribution in [0.4, 0.5) is 11.8 Å². The monoisotopic (exact) mass is 271 g/mol. The molecule has 96 valence electrons. The van der Waals surface area contributed by atoms with Crippen molar-refractivity contribution in [1.29, 1.82) is 0 Å². The third kappa shape index (κ3) is 2.48. The number of anilines is 2. The van der Waals surface area contributed by atoms with Gasteiger partial charge in [0.25, 0.3) is 0 Å². The van der Waals surface area contributed by atoms with E-state index >= 15 is 0 Å². The number of hydrogen-bond donors (Lipinski definition) is 2. The predicted octanol–water partition coefficient (Wildman–Crippen LogP) is 2.59. The van der Waals surface area contributed by atoms with Crippen molar-refractivity contribution in [3.63, 3.8) is 0 Å². The fourth-order valence-electron chi connectivity index (χ4n) is 1.87. The number of fused-ring (bicyclic) bond motifs is 1. The Morgan fingerprint density at radius 2 is 2.11 bits per heavy atom. The first kappa shape index (κ1) is 11.9. The van der Waals surface area contributed by atoms with E-state index in [0.717, 1.165) is 21.7 Å². The molecule has 0 aliphatic heterocycles. The zero-order chi connectivity index (χ0) is 13.2. The largest absolute Gasteiger partial charge is 0.368 e. The lowest BCUT2D eigenvalue weighted by atomic mass is 10.2. The van der Waals surface area contributed by atoms with Gasteiger partial charge in [-0.3, -0.25) is 0 Å². The third-order valence-electron chi connectivity index (χ3n) is 2.70. The lowest BCUT2D eigenvalue weighted by Crippen LogP contribution is -2.05. The lowest BCUT2D eigenvalue weighted by Gasteiger charge is -2.07. The molecule has 0 unspecified atom stereocenters. The van der Waals surface area contributed by atoms with E-state index in [-0.39, 0.29) is 5.95 Å². The number of aryl methyl sites for hydroxylation is 1. The summed E-state index contributed by atoms with van der Waals surface area (Å²) in [4.78, 5) is 14.0. The van der Waals surface area contributed by atoms with Crippen molar-refractivity contribution in [2.24, 2.45) is 0 Å². The standard InChI is InChI=1S/C13H13N5S/c1-8-6-15-11(19-8)7-16-12-9-4-2-3-5-10(9)17-13(14)18-12/h2-6H,7H2,1H3,(H3,14,16,17,18). The summed E-state index contributed by atoms with van der Waals surface area (Å²) in [6.07, 6.45) is 1.87. The first-order valence-electron chi connectivity index (χ1n) is 5.90. The smallest absolute Gasteiger partial charge is 0.222 e. The molecule has 0 spiro atoms. The predicted molar refractivity (Wildman–Crippen MR) is 78.1 cm³/mol. The lowest BCUT2D eigenvalue weighted by molar-refractivity contribution is 1.08. The summed E-state index contributed by atoms with van der Waals surface area (Å²) in [6.45, 7) is 2.68. The van der Waals surface area contributed by atoms with Gasteiger partial charge < -0.3 is 11.1 Å². The number of rotatable bonds is 3. The number of nitrogens with two attached hydrogens (primary N) is 1. The summed E-state index contributed by atoms with van der Waals surface area (Å²) < 4.78 is 0. The average Bonchev–Trinajstić information content (AvgIpc) is 2.81. The average molecular weight is 271 g/mol. The molecule has 6 heteroatoms. The zero-order valence-corrected chi connectivity index (χ0v) is 11.2. The molecule has 1 aromatic carbocycles. The van der Waals surface area contributed by atoms with Crippen LogP contribution in [-0.4, -0.2) is 15.0 Å². The highest BCUT2D eigenvalue weighted by molar-refractivity contribution is 7.11. The highest BCUT2D eigenvalue weighted by Gasteiger charge is 2.06. The Balaban J connectivity index is 1.91. The van der Waals surface area contributed by atoms with Crippen LogP contribution in [0.2, 0.25) is 0 Å². The number of nitrogen functional groups attached to an aromatic ring is 1. The molecule has 0 aliphatic rings. The zero-order valence-electron chi connectivity index (χ0n) is 10.4. The molecule has 0 aliphatic carbocycles. The van der Waals surface area contributed by atoms with Crippen LogP contribution in [0.5, 0.6) is 0 Å². The number of nitrogens with zero attached hydrogens (tertiary/aromatic N) is 3. The molecule has 0 bridgehead atoms. The first-order chi connectivity index (χ1) is 9.22. The summed E-state index contributed by atoms with van der Waals surface area (Å²) in [5.41, 5.74) is 6.56. The Morgan fingerprint density at radius 1 is 1.26 bits per heavy atom. The van der Waals surface area contributed by atoms with Gasteiger partial charge in [-0.05, 0) is 19.1 Å². The topological polar surface area (TPSA) is 76.7 Å². The van der Waals surface area contributed by atoms with E-state index in [1.807, 2.05) is 37.4 Å². The van der Waals surface area contributed by atoms with Gasteiger partial charge in [-0.2, -0.15) is 4.98 Å². The van der Waals surface area contributed by atoms with Gasteiger partial charge in [0.15, 0.2) is 0 Å². The van der Waals surface area contributed by atoms with Gasteiger partial charge in [0.1, 0.15) is 10.8 Å². The second-order valence-electron chi connectivity index (χ2n) is 4.17. The second-order valence-corrected chi connectivity index (χ2v) is 5.49. The van der Waals surface area contributed by atoms with Crippen molar-refractivity contribution in [3.8, 4) is 0 Å². The maximum atomic E-state index is 5.72. The molecule has 3 rings (SSSR count). The number of nitrogens with one attached hydrogen (secondary N) is 1. The number of para-hydroxylation sites is 1. The summed E-state index contributed by atoms with van der Waals surface area (Å²) in [7, 11) is 0. The van der Waals surface area contributed by atoms with E-state index in [9.17, 15) is 0 Å². The molecule has 3 N–H and O–H groups in total. The van der Waals surface area contributed by atoms with Crippen molar-refractivity contribution < 1.29 is 0 Å². The number of thiazole rings is 1. The van der Waals surface area contributed by atoms with Crippen molar-refractivity contribution in [2.45, 2.75) is 13.5 Å². The molecule has 0 amide bonds. The minimum absolute atomic E-state index is 0.275. The Hall–Kier alpha value is -2.21. The Labute approximate surface area is 114 Å². The van der Waals surface area contributed by atoms with Gasteiger partial charge in [0, 0.05) is 16.5 Å². The van der Waals surface area contributed by atoms with Gasteiger partial charge in [0.2, 0.25) is 5.95 Å². The molecule has 19 heavy (non-hydrogen) atoms. The van der Waals surface area contributed by atoms with E-state index in [4.69, 9.17) is 5.73 Å². The van der Waals surface area contributed by atoms with Crippen molar-refractivity contribution in [2.75, 3.05) is 11.1 Å². The SMILES string of the molecule is Cc1cnc(CNc2nc(N)nc3ccccc23)s1. The molecule has 3 aromatic rings. The van der Waals surface area contributed by atoms with E-state index in [0.29, 0.717) is 6.54 Å². The molecule has 5 nitrogen and oxygen atoms in total. The van der Waals surface area contributed by atoms with Crippen LogP contribution >= 0.6 is 11.3 Å². The van der Waals surface area contributed by atoms with Crippen LogP contribution in [0, 0.1) is 6.92 Å². The molecule has 2 aromatic heterocycles. The fraction of sp³-hybridized carbons (Fsp3) is 0.154. The molecular weight excluding hydrogens is 258 g/mol. The molecule has 0 atom stereocenters. The minimum atomic E-state index is 0.275. The number of hydrogen-bond acceptors (Lipinski definition) is 6. The van der Waals surface area contributed by atoms with Crippen LogP contribution in [0.3, 0.4) is 0 Å². The quantitative estimate of drug-likeness (QED) is 0.765. The van der Waals surface area contributed by atoms with Crippen LogP contribution in [-0.2, 0) is 6.54 Å². The second kappa shape index (κ2) is 4.81. The van der Waals surface area contributed by atoms with E-state index in [1.165, 1.54) is 4.88 Å². The van der Waals surface area contributed by atoms with Crippen LogP contribution in [0.15, 0.2) is 30.5 Å². The fourth-order valence-corrected chi connectivity index (χ4v) is 2.60. The van der Waals surface area contributed by atoms with E-state index in [1.54, 1.807) is 11.3 Å². The summed E-state index contributed by atoms with van der Waals surface area (Å²) in [5.74, 6) is 1.02. The van der Waals surface area contributed by atoms with Gasteiger partial charge in [-0.1, -0.05) is 12.1 Å². The first-order valence-corrected chi connectivity index (χ1v) is 6.71. The highest BCUT2D eigenvalue weighted by atomic mass is 32.1. The summed E-state index contributed by atoms with van der Waals surface area (Å²) in [5, 5.41) is 5.26. The Morgan fingerprint density at radius 3 is 2.89 bits per heavy atom. The van der Waals surface area contributed by atoms with Crippen LogP contribution in [0.1, 0.15) is 9.88 Å². The number of benzene rings is 1. The number of aromatic nitrogens is 3. The van der Waals surface area contributed by atoms with Gasteiger partial charge in [-0.25, -0.2) is 9.97 Å². The van der Waals surface area contributed by atoms with Crippen LogP contribution < -0.4 is 11.1 Å². The molecule has 2 heterocycles. The summed E-state index contributed by atoms with van der Waals surface area (Å²) in [6, 6.07) is 7.79. The highest BCUT2D eigenvalue weighted by Crippen LogP contribution is 2.22. The van der Waals surface area contributed by atoms with Gasteiger partial charge in [-0.15, -0.1) is 11.3 Å². The maximum absolute atomic E-state index is 5.72. The van der Waals surface area contributed by atoms with Gasteiger partial charge >= 0.3 is 0 Å². The van der Waals surface area contributed by atoms with Crippen molar-refractivity contribution >= 4 is 34.0 Å². The normalized spacial score (nSPS) is 10.8. The summed E-state index contributed by atoms with van der Waals surface area (Å²) >= 11 is 1.67.